The zero-order valence-electron chi connectivity index (χ0n) is 15.6. The van der Waals surface area contributed by atoms with Gasteiger partial charge >= 0.3 is 0 Å². The summed E-state index contributed by atoms with van der Waals surface area (Å²) in [6, 6.07) is 12.3. The first-order valence-electron chi connectivity index (χ1n) is 8.82. The highest BCUT2D eigenvalue weighted by molar-refractivity contribution is 5.97. The van der Waals surface area contributed by atoms with E-state index in [0.29, 0.717) is 28.2 Å². The molecule has 3 rings (SSSR count). The Morgan fingerprint density at radius 3 is 2.54 bits per heavy atom. The second-order valence-electron chi connectivity index (χ2n) is 6.52. The predicted octanol–water partition coefficient (Wildman–Crippen LogP) is 3.39. The molecule has 0 atom stereocenters. The van der Waals surface area contributed by atoms with Gasteiger partial charge in [0.25, 0.3) is 5.56 Å². The molecule has 0 aliphatic heterocycles. The van der Waals surface area contributed by atoms with E-state index in [1.165, 1.54) is 35.9 Å². The number of halogens is 1. The van der Waals surface area contributed by atoms with Crippen LogP contribution in [0.5, 0.6) is 0 Å². The zero-order valence-corrected chi connectivity index (χ0v) is 15.6. The molecule has 6 nitrogen and oxygen atoms in total. The lowest BCUT2D eigenvalue weighted by Crippen LogP contribution is -2.19. The van der Waals surface area contributed by atoms with Crippen LogP contribution >= 0.6 is 0 Å². The molecule has 2 aromatic carbocycles. The molecule has 2 N–H and O–H groups in total. The monoisotopic (exact) mass is 381 g/mol. The van der Waals surface area contributed by atoms with Crippen LogP contribution in [0.4, 0.5) is 10.1 Å². The Hall–Kier alpha value is -3.48. The maximum atomic E-state index is 13.1. The van der Waals surface area contributed by atoms with Gasteiger partial charge in [-0.15, -0.1) is 0 Å². The molecule has 0 aliphatic carbocycles. The summed E-state index contributed by atoms with van der Waals surface area (Å²) in [5, 5.41) is 5.69. The molecule has 7 heteroatoms. The van der Waals surface area contributed by atoms with Crippen molar-refractivity contribution in [2.24, 2.45) is 0 Å². The smallest absolute Gasteiger partial charge is 0.274 e. The Morgan fingerprint density at radius 1 is 1.14 bits per heavy atom. The number of rotatable bonds is 6. The summed E-state index contributed by atoms with van der Waals surface area (Å²) >= 11 is 0. The van der Waals surface area contributed by atoms with E-state index in [4.69, 9.17) is 0 Å². The van der Waals surface area contributed by atoms with Gasteiger partial charge in [-0.1, -0.05) is 12.1 Å². The molecular weight excluding hydrogens is 361 g/mol. The molecule has 144 valence electrons. The molecule has 0 aliphatic rings. The molecule has 0 saturated heterocycles. The summed E-state index contributed by atoms with van der Waals surface area (Å²) < 4.78 is 14.4. The summed E-state index contributed by atoms with van der Waals surface area (Å²) in [6.07, 6.45) is 0.370. The SMILES string of the molecule is CC(=O)c1cccc(NC(=O)CCc2c(C)[nH]n(-c3ccc(F)cc3)c2=O)c1. The first-order valence-corrected chi connectivity index (χ1v) is 8.82. The first kappa shape index (κ1) is 19.3. The van der Waals surface area contributed by atoms with Crippen LogP contribution in [0, 0.1) is 12.7 Å². The third-order valence-electron chi connectivity index (χ3n) is 4.43. The van der Waals surface area contributed by atoms with E-state index in [1.54, 1.807) is 31.2 Å². The minimum absolute atomic E-state index is 0.0830. The Bertz CT molecular complexity index is 1080. The average Bonchev–Trinajstić information content (AvgIpc) is 2.95. The second-order valence-corrected chi connectivity index (χ2v) is 6.52. The molecule has 0 bridgehead atoms. The molecule has 0 fully saturated rings. The number of amides is 1. The van der Waals surface area contributed by atoms with Crippen molar-refractivity contribution in [2.45, 2.75) is 26.7 Å². The van der Waals surface area contributed by atoms with Crippen LogP contribution in [-0.4, -0.2) is 21.5 Å². The van der Waals surface area contributed by atoms with Gasteiger partial charge in [-0.05, 0) is 56.7 Å². The van der Waals surface area contributed by atoms with Gasteiger partial charge in [0.2, 0.25) is 5.91 Å². The molecule has 0 spiro atoms. The van der Waals surface area contributed by atoms with E-state index < -0.39 is 0 Å². The van der Waals surface area contributed by atoms with Gasteiger partial charge in [0, 0.05) is 28.9 Å². The number of hydrogen-bond acceptors (Lipinski definition) is 3. The van der Waals surface area contributed by atoms with Crippen molar-refractivity contribution in [1.82, 2.24) is 9.78 Å². The van der Waals surface area contributed by atoms with Crippen molar-refractivity contribution in [2.75, 3.05) is 5.32 Å². The van der Waals surface area contributed by atoms with Gasteiger partial charge < -0.3 is 5.32 Å². The summed E-state index contributed by atoms with van der Waals surface area (Å²) in [5.41, 5.74) is 2.45. The highest BCUT2D eigenvalue weighted by atomic mass is 19.1. The lowest BCUT2D eigenvalue weighted by atomic mass is 10.1. The van der Waals surface area contributed by atoms with Gasteiger partial charge in [0.15, 0.2) is 5.78 Å². The van der Waals surface area contributed by atoms with Crippen molar-refractivity contribution >= 4 is 17.4 Å². The van der Waals surface area contributed by atoms with Gasteiger partial charge in [0.1, 0.15) is 5.82 Å². The van der Waals surface area contributed by atoms with Crippen LogP contribution in [0.1, 0.15) is 35.0 Å². The normalized spacial score (nSPS) is 10.7. The number of aromatic nitrogens is 2. The number of carbonyl (C=O) groups is 2. The number of nitrogens with zero attached hydrogens (tertiary/aromatic N) is 1. The van der Waals surface area contributed by atoms with Gasteiger partial charge in [-0.2, -0.15) is 0 Å². The Labute approximate surface area is 161 Å². The molecule has 28 heavy (non-hydrogen) atoms. The van der Waals surface area contributed by atoms with E-state index >= 15 is 0 Å². The number of anilines is 1. The summed E-state index contributed by atoms with van der Waals surface area (Å²) in [7, 11) is 0. The van der Waals surface area contributed by atoms with Crippen molar-refractivity contribution < 1.29 is 14.0 Å². The number of hydrogen-bond donors (Lipinski definition) is 2. The fourth-order valence-electron chi connectivity index (χ4n) is 2.93. The molecule has 1 heterocycles. The molecule has 0 unspecified atom stereocenters. The van der Waals surface area contributed by atoms with Crippen LogP contribution in [-0.2, 0) is 11.2 Å². The summed E-state index contributed by atoms with van der Waals surface area (Å²) in [5.74, 6) is -0.722. The third kappa shape index (κ3) is 4.25. The zero-order chi connectivity index (χ0) is 20.3. The number of Topliss-reactive ketones (excluding diaryl/α,β-unsaturated/α-hetero) is 1. The minimum atomic E-state index is -0.384. The molecule has 0 radical (unpaired) electrons. The Morgan fingerprint density at radius 2 is 1.86 bits per heavy atom. The number of H-pyrrole nitrogens is 1. The molecule has 0 saturated carbocycles. The molecule has 1 amide bonds. The predicted molar refractivity (Wildman–Crippen MR) is 104 cm³/mol. The fraction of sp³-hybridized carbons (Fsp3) is 0.190. The number of carbonyl (C=O) groups excluding carboxylic acids is 2. The van der Waals surface area contributed by atoms with Crippen molar-refractivity contribution in [1.29, 1.82) is 0 Å². The second kappa shape index (κ2) is 8.04. The average molecular weight is 381 g/mol. The van der Waals surface area contributed by atoms with E-state index in [9.17, 15) is 18.8 Å². The maximum Gasteiger partial charge on any atom is 0.274 e. The largest absolute Gasteiger partial charge is 0.326 e. The fourth-order valence-corrected chi connectivity index (χ4v) is 2.93. The van der Waals surface area contributed by atoms with Crippen LogP contribution in [0.25, 0.3) is 5.69 Å². The Kier molecular flexibility index (Phi) is 5.54. The van der Waals surface area contributed by atoms with Crippen LogP contribution in [0.2, 0.25) is 0 Å². The number of benzene rings is 2. The van der Waals surface area contributed by atoms with Gasteiger partial charge in [-0.25, -0.2) is 9.07 Å². The van der Waals surface area contributed by atoms with Crippen molar-refractivity contribution in [3.05, 3.63) is 81.5 Å². The maximum absolute atomic E-state index is 13.1. The first-order chi connectivity index (χ1) is 13.3. The standard InChI is InChI=1S/C21H20FN3O3/c1-13-19(21(28)25(24-13)18-8-6-16(22)7-9-18)10-11-20(27)23-17-5-3-4-15(12-17)14(2)26/h3-9,12,24H,10-11H2,1-2H3,(H,23,27). The van der Waals surface area contributed by atoms with Crippen LogP contribution in [0.15, 0.2) is 53.3 Å². The highest BCUT2D eigenvalue weighted by Gasteiger charge is 2.14. The van der Waals surface area contributed by atoms with E-state index in [1.807, 2.05) is 0 Å². The molecule has 1 aromatic heterocycles. The molecule has 3 aromatic rings. The van der Waals surface area contributed by atoms with Crippen LogP contribution in [0.3, 0.4) is 0 Å². The minimum Gasteiger partial charge on any atom is -0.326 e. The van der Waals surface area contributed by atoms with Crippen LogP contribution < -0.4 is 10.9 Å². The number of aryl methyl sites for hydroxylation is 1. The number of aromatic amines is 1. The third-order valence-corrected chi connectivity index (χ3v) is 4.43. The number of nitrogens with one attached hydrogen (secondary N) is 2. The highest BCUT2D eigenvalue weighted by Crippen LogP contribution is 2.13. The van der Waals surface area contributed by atoms with E-state index in [0.717, 1.165) is 0 Å². The lowest BCUT2D eigenvalue weighted by molar-refractivity contribution is -0.116. The van der Waals surface area contributed by atoms with Crippen molar-refractivity contribution in [3.8, 4) is 5.69 Å². The quantitative estimate of drug-likeness (QED) is 0.642. The Balaban J connectivity index is 1.70. The lowest BCUT2D eigenvalue weighted by Gasteiger charge is -2.06. The summed E-state index contributed by atoms with van der Waals surface area (Å²) in [4.78, 5) is 36.3. The molecular formula is C21H20FN3O3. The summed E-state index contributed by atoms with van der Waals surface area (Å²) in [6.45, 7) is 3.22. The van der Waals surface area contributed by atoms with E-state index in [-0.39, 0.29) is 35.9 Å². The van der Waals surface area contributed by atoms with E-state index in [2.05, 4.69) is 10.4 Å². The van der Waals surface area contributed by atoms with Crippen molar-refractivity contribution in [3.63, 3.8) is 0 Å². The van der Waals surface area contributed by atoms with Gasteiger partial charge in [0.05, 0.1) is 5.69 Å². The topological polar surface area (TPSA) is 84.0 Å². The number of ketones is 1. The van der Waals surface area contributed by atoms with Gasteiger partial charge in [-0.3, -0.25) is 19.5 Å².